The van der Waals surface area contributed by atoms with Gasteiger partial charge < -0.3 is 25.3 Å². The summed E-state index contributed by atoms with van der Waals surface area (Å²) in [4.78, 5) is 37.5. The molecule has 3 heterocycles. The summed E-state index contributed by atoms with van der Waals surface area (Å²) < 4.78 is 20.2. The van der Waals surface area contributed by atoms with Gasteiger partial charge in [0.25, 0.3) is 0 Å². The lowest BCUT2D eigenvalue weighted by Gasteiger charge is -2.29. The lowest BCUT2D eigenvalue weighted by molar-refractivity contribution is -0.111. The molecule has 0 spiro atoms. The van der Waals surface area contributed by atoms with E-state index in [2.05, 4.69) is 32.2 Å². The van der Waals surface area contributed by atoms with Crippen molar-refractivity contribution in [2.24, 2.45) is 0 Å². The maximum absolute atomic E-state index is 14.8. The first-order chi connectivity index (χ1) is 17.5. The van der Waals surface area contributed by atoms with Gasteiger partial charge in [0.05, 0.1) is 30.6 Å². The first-order valence-corrected chi connectivity index (χ1v) is 11.3. The summed E-state index contributed by atoms with van der Waals surface area (Å²) in [5.74, 6) is -0.458. The molecular formula is C26H23FN6O3. The van der Waals surface area contributed by atoms with Crippen molar-refractivity contribution < 1.29 is 13.9 Å². The molecule has 182 valence electrons. The Morgan fingerprint density at radius 3 is 2.75 bits per heavy atom. The van der Waals surface area contributed by atoms with Crippen molar-refractivity contribution in [1.29, 1.82) is 0 Å². The number of nitrogens with zero attached hydrogens (tertiary/aromatic N) is 3. The van der Waals surface area contributed by atoms with Crippen LogP contribution in [-0.4, -0.2) is 47.2 Å². The van der Waals surface area contributed by atoms with E-state index in [4.69, 9.17) is 4.74 Å². The SMILES string of the molecule is C=CC(=O)Nc1cccc(-c2cc(=O)[nH]c3cnc(Nc4ccc(N5CCOCC5)c(F)c4)nc23)c1. The summed E-state index contributed by atoms with van der Waals surface area (Å²) in [6.45, 7) is 5.86. The normalized spacial score (nSPS) is 13.4. The molecule has 9 nitrogen and oxygen atoms in total. The quantitative estimate of drug-likeness (QED) is 0.355. The second-order valence-electron chi connectivity index (χ2n) is 8.17. The van der Waals surface area contributed by atoms with Gasteiger partial charge in [-0.15, -0.1) is 0 Å². The summed E-state index contributed by atoms with van der Waals surface area (Å²) >= 11 is 0. The summed E-state index contributed by atoms with van der Waals surface area (Å²) in [7, 11) is 0. The molecule has 0 bridgehead atoms. The summed E-state index contributed by atoms with van der Waals surface area (Å²) in [5.41, 5.74) is 3.41. The average molecular weight is 487 g/mol. The van der Waals surface area contributed by atoms with Crippen molar-refractivity contribution in [1.82, 2.24) is 15.0 Å². The van der Waals surface area contributed by atoms with Crippen molar-refractivity contribution >= 4 is 40.0 Å². The molecule has 2 aromatic carbocycles. The van der Waals surface area contributed by atoms with Gasteiger partial charge in [-0.1, -0.05) is 18.7 Å². The minimum Gasteiger partial charge on any atom is -0.378 e. The molecule has 4 aromatic rings. The van der Waals surface area contributed by atoms with E-state index in [-0.39, 0.29) is 23.2 Å². The summed E-state index contributed by atoms with van der Waals surface area (Å²) in [6, 6.07) is 13.4. The van der Waals surface area contributed by atoms with Crippen LogP contribution in [0.2, 0.25) is 0 Å². The van der Waals surface area contributed by atoms with E-state index in [1.807, 2.05) is 11.0 Å². The number of hydrogen-bond donors (Lipinski definition) is 3. The second kappa shape index (κ2) is 9.96. The zero-order chi connectivity index (χ0) is 25.1. The molecule has 1 saturated heterocycles. The number of fused-ring (bicyclic) bond motifs is 1. The highest BCUT2D eigenvalue weighted by Gasteiger charge is 2.16. The fourth-order valence-corrected chi connectivity index (χ4v) is 4.06. The van der Waals surface area contributed by atoms with Gasteiger partial charge in [0.15, 0.2) is 0 Å². The number of H-pyrrole nitrogens is 1. The molecule has 1 fully saturated rings. The predicted molar refractivity (Wildman–Crippen MR) is 137 cm³/mol. The average Bonchev–Trinajstić information content (AvgIpc) is 2.89. The van der Waals surface area contributed by atoms with Crippen molar-refractivity contribution in [2.75, 3.05) is 41.8 Å². The molecule has 1 amide bonds. The minimum absolute atomic E-state index is 0.241. The predicted octanol–water partition coefficient (Wildman–Crippen LogP) is 3.83. The fourth-order valence-electron chi connectivity index (χ4n) is 4.06. The van der Waals surface area contributed by atoms with Crippen LogP contribution in [0.3, 0.4) is 0 Å². The monoisotopic (exact) mass is 486 g/mol. The highest BCUT2D eigenvalue weighted by atomic mass is 19.1. The number of carbonyl (C=O) groups is 1. The third-order valence-electron chi connectivity index (χ3n) is 5.76. The van der Waals surface area contributed by atoms with Crippen LogP contribution in [-0.2, 0) is 9.53 Å². The van der Waals surface area contributed by atoms with Gasteiger partial charge >= 0.3 is 0 Å². The van der Waals surface area contributed by atoms with Gasteiger partial charge in [-0.2, -0.15) is 0 Å². The maximum atomic E-state index is 14.8. The second-order valence-corrected chi connectivity index (χ2v) is 8.17. The smallest absolute Gasteiger partial charge is 0.249 e. The maximum Gasteiger partial charge on any atom is 0.249 e. The van der Waals surface area contributed by atoms with E-state index in [0.29, 0.717) is 65.5 Å². The van der Waals surface area contributed by atoms with Gasteiger partial charge in [0, 0.05) is 36.1 Å². The Balaban J connectivity index is 1.47. The lowest BCUT2D eigenvalue weighted by atomic mass is 10.0. The molecular weight excluding hydrogens is 463 g/mol. The Kier molecular flexibility index (Phi) is 6.42. The highest BCUT2D eigenvalue weighted by Crippen LogP contribution is 2.29. The van der Waals surface area contributed by atoms with E-state index in [9.17, 15) is 14.0 Å². The zero-order valence-electron chi connectivity index (χ0n) is 19.3. The number of amides is 1. The Bertz CT molecular complexity index is 1510. The number of morpholine rings is 1. The minimum atomic E-state index is -0.355. The molecule has 1 aliphatic heterocycles. The van der Waals surface area contributed by atoms with Crippen LogP contribution in [0.1, 0.15) is 0 Å². The van der Waals surface area contributed by atoms with Crippen LogP contribution in [0.4, 0.5) is 27.4 Å². The molecule has 0 radical (unpaired) electrons. The number of rotatable bonds is 6. The van der Waals surface area contributed by atoms with E-state index in [0.717, 1.165) is 0 Å². The number of benzene rings is 2. The third kappa shape index (κ3) is 4.93. The van der Waals surface area contributed by atoms with E-state index in [1.165, 1.54) is 24.4 Å². The largest absolute Gasteiger partial charge is 0.378 e. The van der Waals surface area contributed by atoms with E-state index >= 15 is 0 Å². The summed E-state index contributed by atoms with van der Waals surface area (Å²) in [5, 5.41) is 5.75. The molecule has 2 aromatic heterocycles. The topological polar surface area (TPSA) is 112 Å². The molecule has 0 aliphatic carbocycles. The Morgan fingerprint density at radius 2 is 1.97 bits per heavy atom. The van der Waals surface area contributed by atoms with Crippen molar-refractivity contribution in [3.63, 3.8) is 0 Å². The van der Waals surface area contributed by atoms with E-state index < -0.39 is 0 Å². The van der Waals surface area contributed by atoms with Crippen molar-refractivity contribution in [2.45, 2.75) is 0 Å². The van der Waals surface area contributed by atoms with Crippen molar-refractivity contribution in [3.8, 4) is 11.1 Å². The number of aromatic amines is 1. The van der Waals surface area contributed by atoms with E-state index in [1.54, 1.807) is 30.3 Å². The van der Waals surface area contributed by atoms with Crippen molar-refractivity contribution in [3.05, 3.63) is 83.6 Å². The van der Waals surface area contributed by atoms with Crippen LogP contribution >= 0.6 is 0 Å². The molecule has 3 N–H and O–H groups in total. The number of anilines is 4. The van der Waals surface area contributed by atoms with Crippen LogP contribution in [0.5, 0.6) is 0 Å². The number of ether oxygens (including phenoxy) is 1. The third-order valence-corrected chi connectivity index (χ3v) is 5.76. The first kappa shape index (κ1) is 23.2. The highest BCUT2D eigenvalue weighted by molar-refractivity contribution is 6.00. The number of aromatic nitrogens is 3. The molecule has 10 heteroatoms. The zero-order valence-corrected chi connectivity index (χ0v) is 19.3. The molecule has 0 saturated carbocycles. The first-order valence-electron chi connectivity index (χ1n) is 11.3. The lowest BCUT2D eigenvalue weighted by Crippen LogP contribution is -2.36. The molecule has 36 heavy (non-hydrogen) atoms. The molecule has 0 atom stereocenters. The molecule has 1 aliphatic rings. The van der Waals surface area contributed by atoms with Gasteiger partial charge in [-0.3, -0.25) is 9.59 Å². The van der Waals surface area contributed by atoms with Gasteiger partial charge in [0.1, 0.15) is 11.3 Å². The summed E-state index contributed by atoms with van der Waals surface area (Å²) in [6.07, 6.45) is 2.67. The van der Waals surface area contributed by atoms with Gasteiger partial charge in [-0.25, -0.2) is 14.4 Å². The number of halogens is 1. The van der Waals surface area contributed by atoms with Gasteiger partial charge in [0.2, 0.25) is 17.4 Å². The van der Waals surface area contributed by atoms with Crippen LogP contribution in [0.25, 0.3) is 22.2 Å². The van der Waals surface area contributed by atoms with Crippen LogP contribution in [0, 0.1) is 5.82 Å². The fraction of sp³-hybridized carbons (Fsp3) is 0.154. The Hall–Kier alpha value is -4.57. The molecule has 0 unspecified atom stereocenters. The number of hydrogen-bond acceptors (Lipinski definition) is 7. The molecule has 5 rings (SSSR count). The Morgan fingerprint density at radius 1 is 1.14 bits per heavy atom. The number of carbonyl (C=O) groups excluding carboxylic acids is 1. The number of pyridine rings is 1. The van der Waals surface area contributed by atoms with Crippen LogP contribution in [0.15, 0.2) is 72.2 Å². The van der Waals surface area contributed by atoms with Crippen LogP contribution < -0.4 is 21.1 Å². The number of nitrogens with one attached hydrogen (secondary N) is 3. The van der Waals surface area contributed by atoms with Gasteiger partial charge in [-0.05, 0) is 42.0 Å². The Labute approximate surface area is 205 Å². The standard InChI is InChI=1S/C26H23FN6O3/c1-2-23(34)29-17-5-3-4-16(12-17)19-14-24(35)31-21-15-28-26(32-25(19)21)30-18-6-7-22(20(27)13-18)33-8-10-36-11-9-33/h2-7,12-15H,1,8-11H2,(H,29,34)(H,31,35)(H,28,30,32).